The average Bonchev–Trinajstić information content (AvgIpc) is 2.77. The summed E-state index contributed by atoms with van der Waals surface area (Å²) in [7, 11) is -4.39. The van der Waals surface area contributed by atoms with Crippen LogP contribution in [0.3, 0.4) is 0 Å². The number of hydrogen-bond donors (Lipinski definition) is 2. The van der Waals surface area contributed by atoms with Crippen LogP contribution in [0.25, 0.3) is 0 Å². The second-order valence-electron chi connectivity index (χ2n) is 4.72. The first-order valence-corrected chi connectivity index (χ1v) is 8.39. The summed E-state index contributed by atoms with van der Waals surface area (Å²) >= 11 is 11.8. The van der Waals surface area contributed by atoms with Crippen LogP contribution in [0.4, 0.5) is 0 Å². The van der Waals surface area contributed by atoms with Crippen LogP contribution in [0.5, 0.6) is 0 Å². The number of nitrogens with one attached hydrogen (secondary N) is 1. The van der Waals surface area contributed by atoms with E-state index >= 15 is 0 Å². The van der Waals surface area contributed by atoms with Gasteiger partial charge in [-0.1, -0.05) is 23.2 Å². The Morgan fingerprint density at radius 2 is 2.00 bits per heavy atom. The predicted molar refractivity (Wildman–Crippen MR) is 83.2 cm³/mol. The van der Waals surface area contributed by atoms with Crippen LogP contribution in [-0.2, 0) is 10.1 Å². The Balaban J connectivity index is 2.58. The molecule has 22 heavy (non-hydrogen) atoms. The zero-order valence-electron chi connectivity index (χ0n) is 11.6. The van der Waals surface area contributed by atoms with Gasteiger partial charge in [0, 0.05) is 16.3 Å². The minimum Gasteiger partial charge on any atom is -0.288 e. The number of aryl methyl sites for hydroxylation is 1. The largest absolute Gasteiger partial charge is 0.288 e. The van der Waals surface area contributed by atoms with Gasteiger partial charge in [0.1, 0.15) is 5.25 Å². The van der Waals surface area contributed by atoms with Gasteiger partial charge in [-0.25, -0.2) is 0 Å². The lowest BCUT2D eigenvalue weighted by atomic mass is 10.0. The molecule has 0 fully saturated rings. The van der Waals surface area contributed by atoms with Crippen molar-refractivity contribution in [2.75, 3.05) is 0 Å². The number of aromatic amines is 1. The molecule has 2 N–H and O–H groups in total. The number of carbonyl (C=O) groups is 1. The molecule has 0 aliphatic rings. The highest BCUT2D eigenvalue weighted by Crippen LogP contribution is 2.29. The molecule has 1 heterocycles. The number of rotatable bonds is 4. The standard InChI is InChI=1S/C13H12Cl2N2O4S/c1-6-11(12(17-16-6)7(2)22(19,20)21)13(18)9-4-3-8(14)5-10(9)15/h3-5,7H,1-2H3,(H,16,17)(H,19,20,21). The molecular weight excluding hydrogens is 351 g/mol. The maximum atomic E-state index is 12.6. The van der Waals surface area contributed by atoms with Gasteiger partial charge < -0.3 is 0 Å². The van der Waals surface area contributed by atoms with E-state index in [1.165, 1.54) is 25.1 Å². The number of aromatic nitrogens is 2. The summed E-state index contributed by atoms with van der Waals surface area (Å²) in [6.07, 6.45) is 0. The molecule has 0 aliphatic carbocycles. The fourth-order valence-electron chi connectivity index (χ4n) is 1.98. The predicted octanol–water partition coefficient (Wildman–Crippen LogP) is 3.20. The van der Waals surface area contributed by atoms with E-state index in [1.807, 2.05) is 0 Å². The van der Waals surface area contributed by atoms with Crippen LogP contribution in [0.1, 0.15) is 39.5 Å². The van der Waals surface area contributed by atoms with E-state index in [-0.39, 0.29) is 21.8 Å². The lowest BCUT2D eigenvalue weighted by Gasteiger charge is -2.09. The Labute approximate surface area is 137 Å². The first-order valence-electron chi connectivity index (χ1n) is 6.13. The number of nitrogens with zero attached hydrogens (tertiary/aromatic N) is 1. The molecule has 0 aliphatic heterocycles. The minimum atomic E-state index is -4.39. The van der Waals surface area contributed by atoms with Gasteiger partial charge in [-0.2, -0.15) is 13.5 Å². The van der Waals surface area contributed by atoms with E-state index in [0.29, 0.717) is 10.7 Å². The molecule has 0 saturated heterocycles. The smallest absolute Gasteiger partial charge is 0.273 e. The Kier molecular flexibility index (Phi) is 4.62. The van der Waals surface area contributed by atoms with Gasteiger partial charge in [0.25, 0.3) is 10.1 Å². The molecule has 0 saturated carbocycles. The molecule has 118 valence electrons. The molecule has 0 radical (unpaired) electrons. The van der Waals surface area contributed by atoms with Crippen molar-refractivity contribution in [3.8, 4) is 0 Å². The summed E-state index contributed by atoms with van der Waals surface area (Å²) in [4.78, 5) is 12.6. The van der Waals surface area contributed by atoms with Crippen molar-refractivity contribution in [3.63, 3.8) is 0 Å². The molecular formula is C13H12Cl2N2O4S. The van der Waals surface area contributed by atoms with Crippen LogP contribution in [0.2, 0.25) is 10.0 Å². The number of H-pyrrole nitrogens is 1. The lowest BCUT2D eigenvalue weighted by molar-refractivity contribution is 0.103. The number of carbonyl (C=O) groups excluding carboxylic acids is 1. The summed E-state index contributed by atoms with van der Waals surface area (Å²) in [6, 6.07) is 4.36. The molecule has 2 rings (SSSR count). The Hall–Kier alpha value is -1.41. The third-order valence-corrected chi connectivity index (χ3v) is 4.87. The van der Waals surface area contributed by atoms with Crippen LogP contribution >= 0.6 is 23.2 Å². The summed E-state index contributed by atoms with van der Waals surface area (Å²) in [5.41, 5.74) is 0.547. The quantitative estimate of drug-likeness (QED) is 0.642. The molecule has 1 atom stereocenters. The molecule has 9 heteroatoms. The average molecular weight is 363 g/mol. The highest BCUT2D eigenvalue weighted by Gasteiger charge is 2.30. The topological polar surface area (TPSA) is 100 Å². The fraction of sp³-hybridized carbons (Fsp3) is 0.231. The van der Waals surface area contributed by atoms with Crippen molar-refractivity contribution in [2.45, 2.75) is 19.1 Å². The van der Waals surface area contributed by atoms with Gasteiger partial charge in [-0.05, 0) is 32.0 Å². The molecule has 1 unspecified atom stereocenters. The van der Waals surface area contributed by atoms with Gasteiger partial charge in [0.2, 0.25) is 0 Å². The van der Waals surface area contributed by atoms with Gasteiger partial charge in [-0.15, -0.1) is 0 Å². The number of ketones is 1. The van der Waals surface area contributed by atoms with E-state index < -0.39 is 21.2 Å². The zero-order valence-corrected chi connectivity index (χ0v) is 13.9. The lowest BCUT2D eigenvalue weighted by Crippen LogP contribution is -2.14. The summed E-state index contributed by atoms with van der Waals surface area (Å²) in [6.45, 7) is 2.81. The van der Waals surface area contributed by atoms with E-state index in [9.17, 15) is 17.8 Å². The van der Waals surface area contributed by atoms with E-state index in [1.54, 1.807) is 6.92 Å². The van der Waals surface area contributed by atoms with Gasteiger partial charge >= 0.3 is 0 Å². The van der Waals surface area contributed by atoms with Gasteiger partial charge in [0.15, 0.2) is 5.78 Å². The minimum absolute atomic E-state index is 0.0592. The van der Waals surface area contributed by atoms with E-state index in [4.69, 9.17) is 23.2 Å². The van der Waals surface area contributed by atoms with Crippen molar-refractivity contribution in [3.05, 3.63) is 50.8 Å². The maximum Gasteiger partial charge on any atom is 0.273 e. The van der Waals surface area contributed by atoms with Crippen LogP contribution in [0.15, 0.2) is 18.2 Å². The Morgan fingerprint density at radius 3 is 2.55 bits per heavy atom. The van der Waals surface area contributed by atoms with Gasteiger partial charge in [-0.3, -0.25) is 14.4 Å². The molecule has 0 bridgehead atoms. The highest BCUT2D eigenvalue weighted by molar-refractivity contribution is 7.86. The van der Waals surface area contributed by atoms with Crippen LogP contribution < -0.4 is 0 Å². The third-order valence-electron chi connectivity index (χ3n) is 3.21. The number of halogens is 2. The van der Waals surface area contributed by atoms with Gasteiger partial charge in [0.05, 0.1) is 16.3 Å². The highest BCUT2D eigenvalue weighted by atomic mass is 35.5. The first-order chi connectivity index (χ1) is 10.1. The summed E-state index contributed by atoms with van der Waals surface area (Å²) in [5.74, 6) is -0.501. The zero-order chi connectivity index (χ0) is 16.7. The molecule has 1 aromatic carbocycles. The van der Waals surface area contributed by atoms with E-state index in [0.717, 1.165) is 0 Å². The Morgan fingerprint density at radius 1 is 1.36 bits per heavy atom. The molecule has 0 amide bonds. The number of hydrogen-bond acceptors (Lipinski definition) is 4. The van der Waals surface area contributed by atoms with Crippen molar-refractivity contribution in [1.29, 1.82) is 0 Å². The Bertz CT molecular complexity index is 846. The summed E-state index contributed by atoms with van der Waals surface area (Å²) in [5, 5.41) is 5.55. The van der Waals surface area contributed by atoms with Crippen molar-refractivity contribution in [1.82, 2.24) is 10.2 Å². The van der Waals surface area contributed by atoms with Crippen molar-refractivity contribution >= 4 is 39.1 Å². The SMILES string of the molecule is Cc1[nH]nc(C(C)S(=O)(=O)O)c1C(=O)c1ccc(Cl)cc1Cl. The summed E-state index contributed by atoms with van der Waals surface area (Å²) < 4.78 is 31.8. The second kappa shape index (κ2) is 6.00. The molecule has 1 aromatic heterocycles. The normalized spacial score (nSPS) is 13.1. The monoisotopic (exact) mass is 362 g/mol. The molecule has 6 nitrogen and oxygen atoms in total. The van der Waals surface area contributed by atoms with E-state index in [2.05, 4.69) is 10.2 Å². The second-order valence-corrected chi connectivity index (χ2v) is 7.30. The van der Waals surface area contributed by atoms with Crippen molar-refractivity contribution in [2.24, 2.45) is 0 Å². The molecule has 2 aromatic rings. The third kappa shape index (κ3) is 3.17. The first kappa shape index (κ1) is 17.0. The number of benzene rings is 1. The fourth-order valence-corrected chi connectivity index (χ4v) is 2.93. The maximum absolute atomic E-state index is 12.6. The molecule has 0 spiro atoms. The van der Waals surface area contributed by atoms with Crippen molar-refractivity contribution < 1.29 is 17.8 Å². The van der Waals surface area contributed by atoms with Crippen LogP contribution in [-0.4, -0.2) is 29.0 Å². The van der Waals surface area contributed by atoms with Crippen LogP contribution in [0, 0.1) is 6.92 Å².